The van der Waals surface area contributed by atoms with Crippen molar-refractivity contribution in [3.63, 3.8) is 0 Å². The lowest BCUT2D eigenvalue weighted by Crippen LogP contribution is -1.93. The SMILES string of the molecule is CSc1ccc(C(=O)/C=C/c2c(O)cccc2O)cc1. The van der Waals surface area contributed by atoms with Crippen LogP contribution in [0.5, 0.6) is 11.5 Å². The van der Waals surface area contributed by atoms with Gasteiger partial charge in [-0.3, -0.25) is 4.79 Å². The summed E-state index contributed by atoms with van der Waals surface area (Å²) < 4.78 is 0. The van der Waals surface area contributed by atoms with Crippen LogP contribution in [0.2, 0.25) is 0 Å². The van der Waals surface area contributed by atoms with Crippen molar-refractivity contribution in [1.29, 1.82) is 0 Å². The maximum atomic E-state index is 12.0. The minimum atomic E-state index is -0.180. The van der Waals surface area contributed by atoms with E-state index in [2.05, 4.69) is 0 Å². The molecule has 0 amide bonds. The minimum Gasteiger partial charge on any atom is -0.507 e. The second kappa shape index (κ2) is 6.30. The van der Waals surface area contributed by atoms with Crippen molar-refractivity contribution in [2.45, 2.75) is 4.90 Å². The molecule has 2 rings (SSSR count). The number of rotatable bonds is 4. The molecular formula is C16H14O3S. The van der Waals surface area contributed by atoms with Crippen LogP contribution in [-0.4, -0.2) is 22.3 Å². The first-order valence-corrected chi connectivity index (χ1v) is 7.21. The molecule has 0 spiro atoms. The maximum Gasteiger partial charge on any atom is 0.185 e. The number of hydrogen-bond acceptors (Lipinski definition) is 4. The van der Waals surface area contributed by atoms with E-state index in [1.807, 2.05) is 18.4 Å². The molecule has 3 nitrogen and oxygen atoms in total. The summed E-state index contributed by atoms with van der Waals surface area (Å²) in [6.07, 6.45) is 4.72. The van der Waals surface area contributed by atoms with E-state index in [1.54, 1.807) is 23.9 Å². The fourth-order valence-corrected chi connectivity index (χ4v) is 2.13. The third kappa shape index (κ3) is 3.22. The van der Waals surface area contributed by atoms with Gasteiger partial charge in [0.2, 0.25) is 0 Å². The zero-order valence-electron chi connectivity index (χ0n) is 10.9. The summed E-state index contributed by atoms with van der Waals surface area (Å²) in [4.78, 5) is 13.1. The van der Waals surface area contributed by atoms with Crippen molar-refractivity contribution >= 4 is 23.6 Å². The average molecular weight is 286 g/mol. The van der Waals surface area contributed by atoms with Crippen LogP contribution < -0.4 is 0 Å². The number of allylic oxidation sites excluding steroid dienone is 1. The van der Waals surface area contributed by atoms with Gasteiger partial charge in [0.1, 0.15) is 11.5 Å². The molecule has 0 radical (unpaired) electrons. The smallest absolute Gasteiger partial charge is 0.185 e. The molecule has 0 saturated carbocycles. The first-order valence-electron chi connectivity index (χ1n) is 5.99. The molecule has 0 aliphatic carbocycles. The number of carbonyl (C=O) groups is 1. The second-order valence-electron chi connectivity index (χ2n) is 4.14. The predicted molar refractivity (Wildman–Crippen MR) is 81.4 cm³/mol. The Kier molecular flexibility index (Phi) is 4.48. The molecule has 2 N–H and O–H groups in total. The first-order chi connectivity index (χ1) is 9.61. The Hall–Kier alpha value is -2.20. The second-order valence-corrected chi connectivity index (χ2v) is 5.02. The van der Waals surface area contributed by atoms with Crippen molar-refractivity contribution in [2.24, 2.45) is 0 Å². The predicted octanol–water partition coefficient (Wildman–Crippen LogP) is 3.72. The molecule has 4 heteroatoms. The third-order valence-electron chi connectivity index (χ3n) is 2.84. The van der Waals surface area contributed by atoms with Gasteiger partial charge in [0, 0.05) is 10.5 Å². The van der Waals surface area contributed by atoms with Gasteiger partial charge in [-0.1, -0.05) is 6.07 Å². The molecule has 0 unspecified atom stereocenters. The minimum absolute atomic E-state index is 0.0632. The van der Waals surface area contributed by atoms with Crippen molar-refractivity contribution in [1.82, 2.24) is 0 Å². The molecular weight excluding hydrogens is 272 g/mol. The Morgan fingerprint density at radius 3 is 2.20 bits per heavy atom. The number of hydrogen-bond donors (Lipinski definition) is 2. The number of phenols is 2. The highest BCUT2D eigenvalue weighted by molar-refractivity contribution is 7.98. The number of carbonyl (C=O) groups excluding carboxylic acids is 1. The highest BCUT2D eigenvalue weighted by Crippen LogP contribution is 2.27. The normalized spacial score (nSPS) is 10.8. The average Bonchev–Trinajstić information content (AvgIpc) is 2.46. The summed E-state index contributed by atoms with van der Waals surface area (Å²) in [5.74, 6) is -0.307. The molecule has 0 aromatic heterocycles. The van der Waals surface area contributed by atoms with Crippen LogP contribution in [0.15, 0.2) is 53.4 Å². The van der Waals surface area contributed by atoms with Crippen molar-refractivity contribution in [3.05, 3.63) is 59.7 Å². The number of phenolic OH excluding ortho intramolecular Hbond substituents is 2. The molecule has 0 atom stereocenters. The van der Waals surface area contributed by atoms with Crippen LogP contribution in [0.25, 0.3) is 6.08 Å². The molecule has 0 bridgehead atoms. The molecule has 2 aromatic rings. The van der Waals surface area contributed by atoms with Crippen LogP contribution in [0, 0.1) is 0 Å². The zero-order chi connectivity index (χ0) is 14.5. The van der Waals surface area contributed by atoms with Gasteiger partial charge in [-0.05, 0) is 54.8 Å². The van der Waals surface area contributed by atoms with Crippen molar-refractivity contribution in [3.8, 4) is 11.5 Å². The summed E-state index contributed by atoms with van der Waals surface area (Å²) in [6.45, 7) is 0. The van der Waals surface area contributed by atoms with E-state index in [0.717, 1.165) is 4.90 Å². The van der Waals surface area contributed by atoms with Gasteiger partial charge in [-0.2, -0.15) is 0 Å². The molecule has 0 heterocycles. The number of ketones is 1. The lowest BCUT2D eigenvalue weighted by Gasteiger charge is -2.02. The monoisotopic (exact) mass is 286 g/mol. The van der Waals surface area contributed by atoms with Crippen LogP contribution >= 0.6 is 11.8 Å². The zero-order valence-corrected chi connectivity index (χ0v) is 11.7. The van der Waals surface area contributed by atoms with Gasteiger partial charge in [-0.25, -0.2) is 0 Å². The summed E-state index contributed by atoms with van der Waals surface area (Å²) in [5, 5.41) is 19.2. The molecule has 0 aliphatic heterocycles. The summed E-state index contributed by atoms with van der Waals surface area (Å²) >= 11 is 1.61. The number of benzene rings is 2. The van der Waals surface area contributed by atoms with Crippen LogP contribution in [0.4, 0.5) is 0 Å². The highest BCUT2D eigenvalue weighted by atomic mass is 32.2. The van der Waals surface area contributed by atoms with Crippen LogP contribution in [0.1, 0.15) is 15.9 Å². The molecule has 20 heavy (non-hydrogen) atoms. The lowest BCUT2D eigenvalue weighted by molar-refractivity contribution is 0.104. The Bertz CT molecular complexity index is 625. The Balaban J connectivity index is 2.20. The van der Waals surface area contributed by atoms with E-state index < -0.39 is 0 Å². The van der Waals surface area contributed by atoms with E-state index in [1.165, 1.54) is 30.4 Å². The molecule has 0 fully saturated rings. The molecule has 102 valence electrons. The Morgan fingerprint density at radius 1 is 1.05 bits per heavy atom. The van der Waals surface area contributed by atoms with Gasteiger partial charge in [0.15, 0.2) is 5.78 Å². The van der Waals surface area contributed by atoms with Crippen LogP contribution in [0.3, 0.4) is 0 Å². The quantitative estimate of drug-likeness (QED) is 0.511. The van der Waals surface area contributed by atoms with Gasteiger partial charge in [-0.15, -0.1) is 11.8 Å². The Morgan fingerprint density at radius 2 is 1.65 bits per heavy atom. The van der Waals surface area contributed by atoms with Gasteiger partial charge < -0.3 is 10.2 Å². The summed E-state index contributed by atoms with van der Waals surface area (Å²) in [7, 11) is 0. The highest BCUT2D eigenvalue weighted by Gasteiger charge is 2.05. The van der Waals surface area contributed by atoms with E-state index in [0.29, 0.717) is 5.56 Å². The van der Waals surface area contributed by atoms with E-state index in [-0.39, 0.29) is 22.8 Å². The summed E-state index contributed by atoms with van der Waals surface area (Å²) in [6, 6.07) is 11.7. The first kappa shape index (κ1) is 14.2. The van der Waals surface area contributed by atoms with Crippen molar-refractivity contribution in [2.75, 3.05) is 6.26 Å². The van der Waals surface area contributed by atoms with E-state index >= 15 is 0 Å². The van der Waals surface area contributed by atoms with Crippen molar-refractivity contribution < 1.29 is 15.0 Å². The maximum absolute atomic E-state index is 12.0. The molecule has 2 aromatic carbocycles. The van der Waals surface area contributed by atoms with Gasteiger partial charge in [0.05, 0.1) is 5.56 Å². The molecule has 0 saturated heterocycles. The standard InChI is InChI=1S/C16H14O3S/c1-20-12-7-5-11(6-8-12)14(17)10-9-13-15(18)3-2-4-16(13)19/h2-10,18-19H,1H3/b10-9+. The number of aromatic hydroxyl groups is 2. The largest absolute Gasteiger partial charge is 0.507 e. The molecule has 0 aliphatic rings. The fourth-order valence-electron chi connectivity index (χ4n) is 1.72. The topological polar surface area (TPSA) is 57.5 Å². The lowest BCUT2D eigenvalue weighted by atomic mass is 10.1. The number of thioether (sulfide) groups is 1. The van der Waals surface area contributed by atoms with Gasteiger partial charge >= 0.3 is 0 Å². The van der Waals surface area contributed by atoms with E-state index in [9.17, 15) is 15.0 Å². The Labute approximate surface area is 121 Å². The third-order valence-corrected chi connectivity index (χ3v) is 3.58. The van der Waals surface area contributed by atoms with E-state index in [4.69, 9.17) is 0 Å². The summed E-state index contributed by atoms with van der Waals surface area (Å²) in [5.41, 5.74) is 0.801. The van der Waals surface area contributed by atoms with Gasteiger partial charge in [0.25, 0.3) is 0 Å². The fraction of sp³-hybridized carbons (Fsp3) is 0.0625. The van der Waals surface area contributed by atoms with Crippen LogP contribution in [-0.2, 0) is 0 Å².